The molecule has 2 aliphatic rings. The van der Waals surface area contributed by atoms with Crippen LogP contribution in [0.1, 0.15) is 44.6 Å². The summed E-state index contributed by atoms with van der Waals surface area (Å²) < 4.78 is 5.25. The van der Waals surface area contributed by atoms with E-state index in [1.165, 1.54) is 19.3 Å². The van der Waals surface area contributed by atoms with Crippen LogP contribution in [0.25, 0.3) is 0 Å². The van der Waals surface area contributed by atoms with Gasteiger partial charge >= 0.3 is 5.97 Å². The van der Waals surface area contributed by atoms with Gasteiger partial charge < -0.3 is 9.64 Å². The van der Waals surface area contributed by atoms with Crippen molar-refractivity contribution in [1.29, 1.82) is 0 Å². The van der Waals surface area contributed by atoms with Crippen molar-refractivity contribution in [2.75, 3.05) is 6.61 Å². The van der Waals surface area contributed by atoms with Gasteiger partial charge in [-0.15, -0.1) is 0 Å². The van der Waals surface area contributed by atoms with E-state index in [0.717, 1.165) is 18.4 Å². The van der Waals surface area contributed by atoms with Gasteiger partial charge in [0.25, 0.3) is 0 Å². The summed E-state index contributed by atoms with van der Waals surface area (Å²) >= 11 is 0. The maximum absolute atomic E-state index is 12.7. The number of carbonyl (C=O) groups is 2. The number of hydrogen-bond acceptors (Lipinski definition) is 3. The number of benzene rings is 1. The lowest BCUT2D eigenvalue weighted by molar-refractivity contribution is -0.179. The highest BCUT2D eigenvalue weighted by atomic mass is 16.5. The fourth-order valence-electron chi connectivity index (χ4n) is 3.99. The molecule has 4 nitrogen and oxygen atoms in total. The van der Waals surface area contributed by atoms with E-state index in [1.54, 1.807) is 4.90 Å². The first-order valence-electron chi connectivity index (χ1n) is 8.73. The van der Waals surface area contributed by atoms with Gasteiger partial charge in [0.15, 0.2) is 0 Å². The number of rotatable bonds is 5. The molecule has 1 amide bonds. The minimum absolute atomic E-state index is 0.124. The van der Waals surface area contributed by atoms with Crippen molar-refractivity contribution < 1.29 is 14.3 Å². The number of β-lactam (4-membered cyclic amide) rings is 1. The minimum atomic E-state index is -0.397. The third-order valence-corrected chi connectivity index (χ3v) is 5.13. The summed E-state index contributed by atoms with van der Waals surface area (Å²) in [5.74, 6) is 0.0631. The zero-order valence-electron chi connectivity index (χ0n) is 13.7. The van der Waals surface area contributed by atoms with Crippen LogP contribution in [0, 0.1) is 11.8 Å². The molecule has 4 heteroatoms. The molecular formula is C19H25NO3. The monoisotopic (exact) mass is 315 g/mol. The molecule has 0 bridgehead atoms. The Morgan fingerprint density at radius 1 is 1.17 bits per heavy atom. The molecule has 1 aliphatic heterocycles. The van der Waals surface area contributed by atoms with Gasteiger partial charge in [-0.25, -0.2) is 4.79 Å². The molecule has 3 rings (SSSR count). The molecule has 23 heavy (non-hydrogen) atoms. The van der Waals surface area contributed by atoms with Crippen molar-refractivity contribution in [3.8, 4) is 0 Å². The minimum Gasteiger partial charge on any atom is -0.464 e. The summed E-state index contributed by atoms with van der Waals surface area (Å²) in [6, 6.07) is 9.45. The molecule has 2 fully saturated rings. The molecule has 0 aromatic heterocycles. The lowest BCUT2D eigenvalue weighted by atomic mass is 9.71. The van der Waals surface area contributed by atoms with Gasteiger partial charge in [0.2, 0.25) is 5.91 Å². The summed E-state index contributed by atoms with van der Waals surface area (Å²) in [6.45, 7) is 2.67. The standard InChI is InChI=1S/C19H25NO3/c1-2-23-19(22)17-16(15-11-7-4-8-12-15)18(21)20(17)13-14-9-5-3-6-10-14/h3,5-6,9-10,15-17H,2,4,7-8,11-13H2,1H3. The number of likely N-dealkylation sites (tertiary alicyclic amines) is 1. The average molecular weight is 315 g/mol. The first kappa shape index (κ1) is 16.0. The first-order chi connectivity index (χ1) is 11.2. The largest absolute Gasteiger partial charge is 0.464 e. The third kappa shape index (κ3) is 3.26. The Bertz CT molecular complexity index is 551. The first-order valence-corrected chi connectivity index (χ1v) is 8.73. The Labute approximate surface area is 137 Å². The topological polar surface area (TPSA) is 46.6 Å². The van der Waals surface area contributed by atoms with Gasteiger partial charge in [-0.1, -0.05) is 49.6 Å². The lowest BCUT2D eigenvalue weighted by Gasteiger charge is -2.49. The van der Waals surface area contributed by atoms with Crippen molar-refractivity contribution in [1.82, 2.24) is 4.90 Å². The molecule has 2 atom stereocenters. The van der Waals surface area contributed by atoms with Gasteiger partial charge in [-0.3, -0.25) is 4.79 Å². The zero-order chi connectivity index (χ0) is 16.2. The predicted octanol–water partition coefficient (Wildman–Crippen LogP) is 3.16. The van der Waals surface area contributed by atoms with Crippen LogP contribution < -0.4 is 0 Å². The second-order valence-electron chi connectivity index (χ2n) is 6.57. The summed E-state index contributed by atoms with van der Waals surface area (Å²) in [7, 11) is 0. The summed E-state index contributed by atoms with van der Waals surface area (Å²) in [5.41, 5.74) is 1.05. The van der Waals surface area contributed by atoms with E-state index >= 15 is 0 Å². The van der Waals surface area contributed by atoms with Crippen LogP contribution in [-0.2, 0) is 20.9 Å². The Balaban J connectivity index is 1.75. The number of amides is 1. The quantitative estimate of drug-likeness (QED) is 0.619. The second-order valence-corrected chi connectivity index (χ2v) is 6.57. The maximum atomic E-state index is 12.7. The van der Waals surface area contributed by atoms with E-state index in [4.69, 9.17) is 4.74 Å². The van der Waals surface area contributed by atoms with E-state index in [2.05, 4.69) is 0 Å². The molecule has 0 N–H and O–H groups in total. The highest BCUT2D eigenvalue weighted by molar-refractivity contribution is 5.97. The molecular weight excluding hydrogens is 290 g/mol. The van der Waals surface area contributed by atoms with Crippen LogP contribution in [0.4, 0.5) is 0 Å². The van der Waals surface area contributed by atoms with Gasteiger partial charge in [-0.05, 0) is 31.2 Å². The third-order valence-electron chi connectivity index (χ3n) is 5.13. The number of nitrogens with zero attached hydrogens (tertiary/aromatic N) is 1. The van der Waals surface area contributed by atoms with E-state index in [9.17, 15) is 9.59 Å². The van der Waals surface area contributed by atoms with E-state index < -0.39 is 6.04 Å². The molecule has 1 aliphatic carbocycles. The summed E-state index contributed by atoms with van der Waals surface area (Å²) in [6.07, 6.45) is 5.71. The zero-order valence-corrected chi connectivity index (χ0v) is 13.7. The van der Waals surface area contributed by atoms with Gasteiger partial charge in [0, 0.05) is 6.54 Å². The van der Waals surface area contributed by atoms with Crippen LogP contribution in [0.3, 0.4) is 0 Å². The number of carbonyl (C=O) groups excluding carboxylic acids is 2. The Morgan fingerprint density at radius 3 is 2.52 bits per heavy atom. The summed E-state index contributed by atoms with van der Waals surface area (Å²) in [4.78, 5) is 26.8. The molecule has 1 aromatic carbocycles. The van der Waals surface area contributed by atoms with Crippen molar-refractivity contribution in [3.63, 3.8) is 0 Å². The Morgan fingerprint density at radius 2 is 1.87 bits per heavy atom. The SMILES string of the molecule is CCOC(=O)C1C(C2CCCCC2)C(=O)N1Cc1ccccc1. The fraction of sp³-hybridized carbons (Fsp3) is 0.579. The molecule has 1 heterocycles. The fourth-order valence-corrected chi connectivity index (χ4v) is 3.99. The van der Waals surface area contributed by atoms with Gasteiger partial charge in [0.05, 0.1) is 12.5 Å². The second kappa shape index (κ2) is 7.16. The molecule has 0 radical (unpaired) electrons. The van der Waals surface area contributed by atoms with Crippen LogP contribution in [-0.4, -0.2) is 29.4 Å². The van der Waals surface area contributed by atoms with Gasteiger partial charge in [0.1, 0.15) is 6.04 Å². The molecule has 0 spiro atoms. The molecule has 124 valence electrons. The molecule has 1 aromatic rings. The van der Waals surface area contributed by atoms with Crippen molar-refractivity contribution in [3.05, 3.63) is 35.9 Å². The van der Waals surface area contributed by atoms with E-state index in [-0.39, 0.29) is 17.8 Å². The molecule has 2 unspecified atom stereocenters. The summed E-state index contributed by atoms with van der Waals surface area (Å²) in [5, 5.41) is 0. The number of esters is 1. The van der Waals surface area contributed by atoms with E-state index in [1.807, 2.05) is 37.3 Å². The van der Waals surface area contributed by atoms with Gasteiger partial charge in [-0.2, -0.15) is 0 Å². The Hall–Kier alpha value is -1.84. The average Bonchev–Trinajstić information content (AvgIpc) is 2.59. The van der Waals surface area contributed by atoms with E-state index in [0.29, 0.717) is 19.1 Å². The molecule has 1 saturated carbocycles. The van der Waals surface area contributed by atoms with Crippen LogP contribution in [0.2, 0.25) is 0 Å². The lowest BCUT2D eigenvalue weighted by Crippen LogP contribution is -2.66. The maximum Gasteiger partial charge on any atom is 0.329 e. The van der Waals surface area contributed by atoms with Crippen LogP contribution in [0.15, 0.2) is 30.3 Å². The van der Waals surface area contributed by atoms with Crippen LogP contribution in [0.5, 0.6) is 0 Å². The Kier molecular flexibility index (Phi) is 4.99. The highest BCUT2D eigenvalue weighted by Gasteiger charge is 2.55. The normalized spacial score (nSPS) is 25.1. The van der Waals surface area contributed by atoms with Crippen molar-refractivity contribution in [2.24, 2.45) is 11.8 Å². The van der Waals surface area contributed by atoms with Crippen molar-refractivity contribution in [2.45, 2.75) is 51.6 Å². The number of ether oxygens (including phenoxy) is 1. The van der Waals surface area contributed by atoms with Crippen molar-refractivity contribution >= 4 is 11.9 Å². The number of hydrogen-bond donors (Lipinski definition) is 0. The predicted molar refractivity (Wildman–Crippen MR) is 87.5 cm³/mol. The van der Waals surface area contributed by atoms with Crippen LogP contribution >= 0.6 is 0 Å². The highest BCUT2D eigenvalue weighted by Crippen LogP contribution is 2.41. The molecule has 1 saturated heterocycles. The smallest absolute Gasteiger partial charge is 0.329 e.